The van der Waals surface area contributed by atoms with Crippen molar-refractivity contribution < 1.29 is 12.8 Å². The summed E-state index contributed by atoms with van der Waals surface area (Å²) in [6.07, 6.45) is 0. The summed E-state index contributed by atoms with van der Waals surface area (Å²) in [5.41, 5.74) is 0. The highest BCUT2D eigenvalue weighted by atomic mass is 79.9. The van der Waals surface area contributed by atoms with Crippen LogP contribution in [0.25, 0.3) is 0 Å². The van der Waals surface area contributed by atoms with Crippen LogP contribution >= 0.6 is 15.9 Å². The standard InChI is InChI=1S/C12H16BrFN2O2S/c1-8-6-16(7-9(2)15-8)19(17,18)12-4-3-10(14)5-11(12)13/h3-5,8-9,15H,6-7H2,1-2H3. The Hall–Kier alpha value is -0.500. The van der Waals surface area contributed by atoms with Gasteiger partial charge in [0.2, 0.25) is 10.0 Å². The number of rotatable bonds is 2. The third-order valence-electron chi connectivity index (χ3n) is 3.04. The lowest BCUT2D eigenvalue weighted by atomic mass is 10.2. The Morgan fingerprint density at radius 2 is 1.89 bits per heavy atom. The van der Waals surface area contributed by atoms with Crippen molar-refractivity contribution >= 4 is 26.0 Å². The van der Waals surface area contributed by atoms with Gasteiger partial charge in [-0.05, 0) is 48.0 Å². The van der Waals surface area contributed by atoms with Crippen molar-refractivity contribution in [1.29, 1.82) is 0 Å². The monoisotopic (exact) mass is 350 g/mol. The fourth-order valence-corrected chi connectivity index (χ4v) is 4.92. The number of hydrogen-bond donors (Lipinski definition) is 1. The largest absolute Gasteiger partial charge is 0.309 e. The Bertz CT molecular complexity index is 569. The van der Waals surface area contributed by atoms with Crippen molar-refractivity contribution in [2.75, 3.05) is 13.1 Å². The molecule has 0 radical (unpaired) electrons. The molecule has 1 aromatic rings. The molecule has 1 N–H and O–H groups in total. The molecular formula is C12H16BrFN2O2S. The van der Waals surface area contributed by atoms with E-state index in [0.717, 1.165) is 6.07 Å². The van der Waals surface area contributed by atoms with E-state index >= 15 is 0 Å². The molecule has 0 bridgehead atoms. The van der Waals surface area contributed by atoms with Gasteiger partial charge in [0.1, 0.15) is 5.82 Å². The van der Waals surface area contributed by atoms with Gasteiger partial charge < -0.3 is 5.32 Å². The lowest BCUT2D eigenvalue weighted by molar-refractivity contribution is 0.263. The van der Waals surface area contributed by atoms with Crippen LogP contribution in [0.2, 0.25) is 0 Å². The van der Waals surface area contributed by atoms with Gasteiger partial charge in [-0.15, -0.1) is 0 Å². The van der Waals surface area contributed by atoms with Gasteiger partial charge in [0.15, 0.2) is 0 Å². The molecule has 4 nitrogen and oxygen atoms in total. The van der Waals surface area contributed by atoms with Crippen LogP contribution in [0.5, 0.6) is 0 Å². The lowest BCUT2D eigenvalue weighted by Gasteiger charge is -2.35. The van der Waals surface area contributed by atoms with Crippen LogP contribution in [0.1, 0.15) is 13.8 Å². The SMILES string of the molecule is CC1CN(S(=O)(=O)c2ccc(F)cc2Br)CC(C)N1. The third kappa shape index (κ3) is 3.16. The molecule has 0 saturated carbocycles. The van der Waals surface area contributed by atoms with Crippen LogP contribution in [-0.4, -0.2) is 37.9 Å². The van der Waals surface area contributed by atoms with Crippen LogP contribution in [0, 0.1) is 5.82 Å². The quantitative estimate of drug-likeness (QED) is 0.886. The van der Waals surface area contributed by atoms with Gasteiger partial charge in [0.05, 0.1) is 4.90 Å². The molecule has 19 heavy (non-hydrogen) atoms. The first-order chi connectivity index (χ1) is 8.80. The van der Waals surface area contributed by atoms with Crippen molar-refractivity contribution in [2.24, 2.45) is 0 Å². The number of benzene rings is 1. The molecule has 1 heterocycles. The van der Waals surface area contributed by atoms with E-state index in [9.17, 15) is 12.8 Å². The first-order valence-corrected chi connectivity index (χ1v) is 8.25. The second-order valence-corrected chi connectivity index (χ2v) is 7.63. The van der Waals surface area contributed by atoms with Crippen LogP contribution in [0.3, 0.4) is 0 Å². The Morgan fingerprint density at radius 1 is 1.32 bits per heavy atom. The maximum absolute atomic E-state index is 13.1. The highest BCUT2D eigenvalue weighted by Gasteiger charge is 2.32. The molecule has 1 fully saturated rings. The van der Waals surface area contributed by atoms with Crippen LogP contribution in [-0.2, 0) is 10.0 Å². The van der Waals surface area contributed by atoms with E-state index in [1.807, 2.05) is 13.8 Å². The summed E-state index contributed by atoms with van der Waals surface area (Å²) in [4.78, 5) is 0.107. The average molecular weight is 351 g/mol. The van der Waals surface area contributed by atoms with Crippen LogP contribution in [0.15, 0.2) is 27.6 Å². The highest BCUT2D eigenvalue weighted by molar-refractivity contribution is 9.10. The van der Waals surface area contributed by atoms with Gasteiger partial charge in [0.25, 0.3) is 0 Å². The van der Waals surface area contributed by atoms with Crippen molar-refractivity contribution in [3.05, 3.63) is 28.5 Å². The smallest absolute Gasteiger partial charge is 0.244 e. The molecule has 7 heteroatoms. The molecule has 1 aliphatic heterocycles. The van der Waals surface area contributed by atoms with E-state index in [4.69, 9.17) is 0 Å². The minimum Gasteiger partial charge on any atom is -0.309 e. The molecule has 1 saturated heterocycles. The van der Waals surface area contributed by atoms with E-state index in [-0.39, 0.29) is 21.5 Å². The predicted octanol–water partition coefficient (Wildman–Crippen LogP) is 1.96. The molecule has 0 spiro atoms. The number of piperazine rings is 1. The zero-order valence-electron chi connectivity index (χ0n) is 10.7. The Kier molecular flexibility index (Phi) is 4.29. The molecule has 1 aromatic carbocycles. The van der Waals surface area contributed by atoms with Gasteiger partial charge in [-0.1, -0.05) is 0 Å². The van der Waals surface area contributed by atoms with E-state index in [0.29, 0.717) is 13.1 Å². The summed E-state index contributed by atoms with van der Waals surface area (Å²) in [7, 11) is -3.60. The molecule has 2 atom stereocenters. The summed E-state index contributed by atoms with van der Waals surface area (Å²) in [5, 5.41) is 3.28. The predicted molar refractivity (Wildman–Crippen MR) is 74.9 cm³/mol. The van der Waals surface area contributed by atoms with E-state index in [1.54, 1.807) is 0 Å². The van der Waals surface area contributed by atoms with E-state index in [1.165, 1.54) is 16.4 Å². The Balaban J connectivity index is 2.36. The third-order valence-corrected chi connectivity index (χ3v) is 5.84. The normalized spacial score (nSPS) is 25.5. The topological polar surface area (TPSA) is 49.4 Å². The lowest BCUT2D eigenvalue weighted by Crippen LogP contribution is -2.55. The molecular weight excluding hydrogens is 335 g/mol. The van der Waals surface area contributed by atoms with Crippen LogP contribution < -0.4 is 5.32 Å². The van der Waals surface area contributed by atoms with Gasteiger partial charge in [-0.25, -0.2) is 12.8 Å². The summed E-state index contributed by atoms with van der Waals surface area (Å²) in [5.74, 6) is -0.465. The summed E-state index contributed by atoms with van der Waals surface area (Å²) < 4.78 is 39.9. The molecule has 2 unspecified atom stereocenters. The second kappa shape index (κ2) is 5.47. The minimum atomic E-state index is -3.60. The number of nitrogens with one attached hydrogen (secondary N) is 1. The Morgan fingerprint density at radius 3 is 2.42 bits per heavy atom. The summed E-state index contributed by atoms with van der Waals surface area (Å²) in [6.45, 7) is 4.71. The zero-order valence-corrected chi connectivity index (χ0v) is 13.1. The van der Waals surface area contributed by atoms with E-state index in [2.05, 4.69) is 21.2 Å². The van der Waals surface area contributed by atoms with Gasteiger partial charge >= 0.3 is 0 Å². The fraction of sp³-hybridized carbons (Fsp3) is 0.500. The summed E-state index contributed by atoms with van der Waals surface area (Å²) >= 11 is 3.12. The number of nitrogens with zero attached hydrogens (tertiary/aromatic N) is 1. The molecule has 2 rings (SSSR count). The number of hydrogen-bond acceptors (Lipinski definition) is 3. The van der Waals surface area contributed by atoms with Crippen molar-refractivity contribution in [3.8, 4) is 0 Å². The molecule has 1 aliphatic rings. The van der Waals surface area contributed by atoms with Crippen molar-refractivity contribution in [2.45, 2.75) is 30.8 Å². The van der Waals surface area contributed by atoms with Crippen molar-refractivity contribution in [3.63, 3.8) is 0 Å². The first kappa shape index (κ1) is 14.9. The molecule has 0 amide bonds. The fourth-order valence-electron chi connectivity index (χ4n) is 2.30. The maximum Gasteiger partial charge on any atom is 0.244 e. The molecule has 0 aromatic heterocycles. The molecule has 106 valence electrons. The number of halogens is 2. The zero-order chi connectivity index (χ0) is 14.2. The highest BCUT2D eigenvalue weighted by Crippen LogP contribution is 2.26. The van der Waals surface area contributed by atoms with Gasteiger partial charge in [-0.2, -0.15) is 4.31 Å². The van der Waals surface area contributed by atoms with E-state index < -0.39 is 15.8 Å². The molecule has 0 aliphatic carbocycles. The van der Waals surface area contributed by atoms with Crippen molar-refractivity contribution in [1.82, 2.24) is 9.62 Å². The maximum atomic E-state index is 13.1. The summed E-state index contributed by atoms with van der Waals surface area (Å²) in [6, 6.07) is 3.82. The minimum absolute atomic E-state index is 0.0951. The Labute approximate surface area is 121 Å². The van der Waals surface area contributed by atoms with Gasteiger partial charge in [-0.3, -0.25) is 0 Å². The second-order valence-electron chi connectivity index (χ2n) is 4.87. The van der Waals surface area contributed by atoms with Crippen LogP contribution in [0.4, 0.5) is 4.39 Å². The van der Waals surface area contributed by atoms with Gasteiger partial charge in [0, 0.05) is 29.6 Å². The first-order valence-electron chi connectivity index (χ1n) is 6.02. The number of sulfonamides is 1. The average Bonchev–Trinajstić information content (AvgIpc) is 2.26.